The van der Waals surface area contributed by atoms with Crippen molar-refractivity contribution in [2.75, 3.05) is 6.61 Å². The van der Waals surface area contributed by atoms with Gasteiger partial charge in [0.1, 0.15) is 6.61 Å². The van der Waals surface area contributed by atoms with Crippen molar-refractivity contribution in [1.82, 2.24) is 0 Å². The Morgan fingerprint density at radius 1 is 1.00 bits per heavy atom. The number of ether oxygens (including phenoxy) is 1. The van der Waals surface area contributed by atoms with Crippen molar-refractivity contribution in [1.29, 1.82) is 0 Å². The highest BCUT2D eigenvalue weighted by atomic mass is 16.5. The highest BCUT2D eigenvalue weighted by Gasteiger charge is 2.04. The number of carbonyl (C=O) groups is 1. The molecule has 0 saturated heterocycles. The van der Waals surface area contributed by atoms with E-state index < -0.39 is 0 Å². The van der Waals surface area contributed by atoms with Gasteiger partial charge in [-0.1, -0.05) is 74.9 Å². The molecule has 0 N–H and O–H groups in total. The van der Waals surface area contributed by atoms with Gasteiger partial charge in [0.2, 0.25) is 0 Å². The number of rotatable bonds is 7. The van der Waals surface area contributed by atoms with Crippen molar-refractivity contribution in [2.24, 2.45) is 0 Å². The van der Waals surface area contributed by atoms with Crippen LogP contribution in [-0.4, -0.2) is 12.6 Å². The number of esters is 1. The van der Waals surface area contributed by atoms with E-state index in [1.54, 1.807) is 6.08 Å². The average molecular weight is 282 g/mol. The van der Waals surface area contributed by atoms with Gasteiger partial charge >= 0.3 is 5.97 Å². The van der Waals surface area contributed by atoms with E-state index in [-0.39, 0.29) is 12.6 Å². The lowest BCUT2D eigenvalue weighted by Crippen LogP contribution is -2.06. The number of carbonyl (C=O) groups excluding carboxylic acids is 1. The van der Waals surface area contributed by atoms with E-state index in [1.165, 1.54) is 6.08 Å². The Morgan fingerprint density at radius 2 is 1.52 bits per heavy atom. The molecule has 0 unspecified atom stereocenters. The maximum Gasteiger partial charge on any atom is 0.334 e. The van der Waals surface area contributed by atoms with Crippen LogP contribution in [-0.2, 0) is 9.53 Å². The topological polar surface area (TPSA) is 26.3 Å². The molecule has 0 aliphatic carbocycles. The Hall–Kier alpha value is -2.61. The standard InChI is InChI=1S/C10H10.C9H12O2/c1-3-9-7-5-6-8-10(9)4-2;1-4-6-8(3)9(10)11-7-5-2/h3-8H,1-2H2;4-5H,1-3,6-7H2. The molecule has 2 nitrogen and oxygen atoms in total. The fourth-order valence-electron chi connectivity index (χ4n) is 1.38. The predicted molar refractivity (Wildman–Crippen MR) is 91.7 cm³/mol. The van der Waals surface area contributed by atoms with Gasteiger partial charge in [0.05, 0.1) is 0 Å². The largest absolute Gasteiger partial charge is 0.458 e. The summed E-state index contributed by atoms with van der Waals surface area (Å²) in [6.45, 7) is 18.0. The van der Waals surface area contributed by atoms with Gasteiger partial charge in [-0.25, -0.2) is 4.79 Å². The summed E-state index contributed by atoms with van der Waals surface area (Å²) < 4.78 is 4.70. The van der Waals surface area contributed by atoms with E-state index in [4.69, 9.17) is 4.74 Å². The Balaban J connectivity index is 0.000000382. The minimum atomic E-state index is -0.384. The summed E-state index contributed by atoms with van der Waals surface area (Å²) in [7, 11) is 0. The van der Waals surface area contributed by atoms with Gasteiger partial charge in [-0.05, 0) is 17.5 Å². The molecule has 0 aliphatic rings. The molecule has 0 aromatic heterocycles. The lowest BCUT2D eigenvalue weighted by atomic mass is 10.1. The number of benzene rings is 1. The predicted octanol–water partition coefficient (Wildman–Crippen LogP) is 4.82. The van der Waals surface area contributed by atoms with Crippen molar-refractivity contribution in [3.63, 3.8) is 0 Å². The van der Waals surface area contributed by atoms with E-state index in [0.29, 0.717) is 12.0 Å². The summed E-state index contributed by atoms with van der Waals surface area (Å²) in [5.74, 6) is -0.384. The normalized spacial score (nSPS) is 8.57. The van der Waals surface area contributed by atoms with Crippen LogP contribution in [0.1, 0.15) is 17.5 Å². The summed E-state index contributed by atoms with van der Waals surface area (Å²) in [4.78, 5) is 10.9. The second kappa shape index (κ2) is 11.2. The maximum atomic E-state index is 10.9. The third kappa shape index (κ3) is 7.53. The van der Waals surface area contributed by atoms with E-state index in [9.17, 15) is 4.79 Å². The average Bonchev–Trinajstić information content (AvgIpc) is 2.53. The fraction of sp³-hybridized carbons (Fsp3) is 0.105. The molecule has 21 heavy (non-hydrogen) atoms. The first-order valence-corrected chi connectivity index (χ1v) is 6.51. The first kappa shape index (κ1) is 18.4. The molecule has 0 aliphatic heterocycles. The summed E-state index contributed by atoms with van der Waals surface area (Å²) in [5, 5.41) is 0. The molecule has 0 fully saturated rings. The highest BCUT2D eigenvalue weighted by Crippen LogP contribution is 2.10. The molecular weight excluding hydrogens is 260 g/mol. The second-order valence-corrected chi connectivity index (χ2v) is 4.02. The molecule has 0 atom stereocenters. The first-order valence-electron chi connectivity index (χ1n) is 6.51. The van der Waals surface area contributed by atoms with Crippen LogP contribution in [0.2, 0.25) is 0 Å². The van der Waals surface area contributed by atoms with Gasteiger partial charge in [0.25, 0.3) is 0 Å². The van der Waals surface area contributed by atoms with Crippen LogP contribution >= 0.6 is 0 Å². The first-order chi connectivity index (χ1) is 10.1. The lowest BCUT2D eigenvalue weighted by molar-refractivity contribution is -0.137. The van der Waals surface area contributed by atoms with Crippen LogP contribution in [0.15, 0.2) is 74.9 Å². The molecular formula is C19H22O2. The fourth-order valence-corrected chi connectivity index (χ4v) is 1.38. The Morgan fingerprint density at radius 3 is 1.90 bits per heavy atom. The zero-order valence-electron chi connectivity index (χ0n) is 12.4. The van der Waals surface area contributed by atoms with Gasteiger partial charge in [0.15, 0.2) is 0 Å². The lowest BCUT2D eigenvalue weighted by Gasteiger charge is -2.01. The van der Waals surface area contributed by atoms with Crippen molar-refractivity contribution in [3.05, 3.63) is 86.0 Å². The Bertz CT molecular complexity index is 497. The van der Waals surface area contributed by atoms with Gasteiger partial charge in [-0.2, -0.15) is 0 Å². The minimum absolute atomic E-state index is 0.231. The summed E-state index contributed by atoms with van der Waals surface area (Å²) in [5.41, 5.74) is 2.69. The summed E-state index contributed by atoms with van der Waals surface area (Å²) in [6.07, 6.45) is 7.25. The van der Waals surface area contributed by atoms with Crippen LogP contribution in [0.5, 0.6) is 0 Å². The van der Waals surface area contributed by atoms with Gasteiger partial charge in [0, 0.05) is 5.57 Å². The van der Waals surface area contributed by atoms with E-state index in [1.807, 2.05) is 36.4 Å². The van der Waals surface area contributed by atoms with Crippen LogP contribution in [0.4, 0.5) is 0 Å². The third-order valence-electron chi connectivity index (χ3n) is 2.45. The SMILES string of the molecule is C=CCOC(=O)C(=C)CC=C.C=Cc1ccccc1C=C. The van der Waals surface area contributed by atoms with E-state index >= 15 is 0 Å². The molecule has 0 bridgehead atoms. The van der Waals surface area contributed by atoms with Crippen LogP contribution in [0, 0.1) is 0 Å². The summed E-state index contributed by atoms with van der Waals surface area (Å²) >= 11 is 0. The molecule has 1 aromatic rings. The van der Waals surface area contributed by atoms with Gasteiger partial charge in [-0.3, -0.25) is 0 Å². The maximum absolute atomic E-state index is 10.9. The van der Waals surface area contributed by atoms with Crippen LogP contribution in [0.25, 0.3) is 12.2 Å². The third-order valence-corrected chi connectivity index (χ3v) is 2.45. The molecule has 0 heterocycles. The number of hydrogen-bond donors (Lipinski definition) is 0. The van der Waals surface area contributed by atoms with Crippen molar-refractivity contribution in [3.8, 4) is 0 Å². The number of allylic oxidation sites excluding steroid dienone is 1. The van der Waals surface area contributed by atoms with Crippen molar-refractivity contribution in [2.45, 2.75) is 6.42 Å². The Kier molecular flexibility index (Phi) is 9.84. The van der Waals surface area contributed by atoms with Gasteiger partial charge in [-0.15, -0.1) is 6.58 Å². The second-order valence-electron chi connectivity index (χ2n) is 4.02. The quantitative estimate of drug-likeness (QED) is 0.407. The molecule has 0 spiro atoms. The monoisotopic (exact) mass is 282 g/mol. The molecule has 0 radical (unpaired) electrons. The molecule has 2 heteroatoms. The van der Waals surface area contributed by atoms with Crippen LogP contribution < -0.4 is 0 Å². The minimum Gasteiger partial charge on any atom is -0.458 e. The smallest absolute Gasteiger partial charge is 0.334 e. The van der Waals surface area contributed by atoms with Gasteiger partial charge < -0.3 is 4.74 Å². The van der Waals surface area contributed by atoms with Crippen molar-refractivity contribution >= 4 is 18.1 Å². The molecule has 1 aromatic carbocycles. The molecule has 1 rings (SSSR count). The Labute approximate surface area is 127 Å². The molecule has 0 amide bonds. The molecule has 110 valence electrons. The van der Waals surface area contributed by atoms with Crippen molar-refractivity contribution < 1.29 is 9.53 Å². The number of hydrogen-bond acceptors (Lipinski definition) is 2. The zero-order valence-corrected chi connectivity index (χ0v) is 12.4. The van der Waals surface area contributed by atoms with E-state index in [0.717, 1.165) is 11.1 Å². The highest BCUT2D eigenvalue weighted by molar-refractivity contribution is 5.88. The summed E-state index contributed by atoms with van der Waals surface area (Å²) in [6, 6.07) is 8.02. The van der Waals surface area contributed by atoms with Crippen LogP contribution in [0.3, 0.4) is 0 Å². The van der Waals surface area contributed by atoms with E-state index in [2.05, 4.69) is 32.9 Å². The molecule has 0 saturated carbocycles. The zero-order chi connectivity index (χ0) is 16.1.